The Morgan fingerprint density at radius 1 is 0.762 bits per heavy atom. The lowest BCUT2D eigenvalue weighted by Gasteiger charge is -2.12. The third kappa shape index (κ3) is 7.61. The first kappa shape index (κ1) is 18.2. The molecule has 0 unspecified atom stereocenters. The zero-order valence-corrected chi connectivity index (χ0v) is 14.3. The smallest absolute Gasteiger partial charge is 0.141 e. The molecule has 2 nitrogen and oxygen atoms in total. The molecule has 0 bridgehead atoms. The van der Waals surface area contributed by atoms with Crippen LogP contribution in [0.5, 0.6) is 11.5 Å². The van der Waals surface area contributed by atoms with Crippen LogP contribution in [0.3, 0.4) is 0 Å². The van der Waals surface area contributed by atoms with E-state index in [0.29, 0.717) is 5.02 Å². The first-order chi connectivity index (χ1) is 10.3. The Morgan fingerprint density at radius 3 is 1.67 bits per heavy atom. The van der Waals surface area contributed by atoms with Gasteiger partial charge in [0.25, 0.3) is 0 Å². The van der Waals surface area contributed by atoms with Crippen LogP contribution in [-0.4, -0.2) is 13.2 Å². The highest BCUT2D eigenvalue weighted by molar-refractivity contribution is 6.33. The topological polar surface area (TPSA) is 18.5 Å². The van der Waals surface area contributed by atoms with E-state index in [9.17, 15) is 0 Å². The molecule has 0 spiro atoms. The van der Waals surface area contributed by atoms with Crippen LogP contribution in [0, 0.1) is 0 Å². The lowest BCUT2D eigenvalue weighted by atomic mass is 10.2. The Hall–Kier alpha value is -0.890. The summed E-state index contributed by atoms with van der Waals surface area (Å²) in [6.07, 6.45) is 9.57. The molecular weight excluding hydrogens is 284 g/mol. The fraction of sp³-hybridized carbons (Fsp3) is 0.667. The van der Waals surface area contributed by atoms with Crippen LogP contribution in [0.15, 0.2) is 18.2 Å². The molecule has 0 fully saturated rings. The fourth-order valence-corrected chi connectivity index (χ4v) is 2.37. The third-order valence-corrected chi connectivity index (χ3v) is 3.81. The number of hydrogen-bond donors (Lipinski definition) is 0. The molecule has 0 aliphatic heterocycles. The molecule has 120 valence electrons. The van der Waals surface area contributed by atoms with E-state index in [1.165, 1.54) is 38.5 Å². The van der Waals surface area contributed by atoms with Gasteiger partial charge in [-0.1, -0.05) is 70.0 Å². The van der Waals surface area contributed by atoms with Gasteiger partial charge in [-0.3, -0.25) is 0 Å². The highest BCUT2D eigenvalue weighted by Crippen LogP contribution is 2.34. The van der Waals surface area contributed by atoms with Gasteiger partial charge in [0.1, 0.15) is 16.5 Å². The summed E-state index contributed by atoms with van der Waals surface area (Å²) in [7, 11) is 0. The normalized spacial score (nSPS) is 10.6. The molecule has 0 heterocycles. The first-order valence-corrected chi connectivity index (χ1v) is 8.71. The van der Waals surface area contributed by atoms with Crippen molar-refractivity contribution >= 4 is 11.6 Å². The molecule has 0 saturated heterocycles. The van der Waals surface area contributed by atoms with E-state index >= 15 is 0 Å². The Balaban J connectivity index is 2.35. The van der Waals surface area contributed by atoms with Crippen molar-refractivity contribution in [2.24, 2.45) is 0 Å². The lowest BCUT2D eigenvalue weighted by molar-refractivity contribution is 0.290. The fourth-order valence-electron chi connectivity index (χ4n) is 2.14. The van der Waals surface area contributed by atoms with Gasteiger partial charge < -0.3 is 9.47 Å². The Bertz CT molecular complexity index is 347. The summed E-state index contributed by atoms with van der Waals surface area (Å²) in [6, 6.07) is 5.76. The first-order valence-electron chi connectivity index (χ1n) is 8.33. The van der Waals surface area contributed by atoms with Gasteiger partial charge in [0.05, 0.1) is 13.2 Å². The second-order valence-electron chi connectivity index (χ2n) is 5.39. The van der Waals surface area contributed by atoms with Gasteiger partial charge in [0, 0.05) is 0 Å². The molecule has 3 heteroatoms. The monoisotopic (exact) mass is 312 g/mol. The maximum absolute atomic E-state index is 6.34. The van der Waals surface area contributed by atoms with E-state index in [1.807, 2.05) is 18.2 Å². The number of hydrogen-bond acceptors (Lipinski definition) is 2. The van der Waals surface area contributed by atoms with Crippen molar-refractivity contribution in [2.75, 3.05) is 13.2 Å². The molecular formula is C18H29ClO2. The van der Waals surface area contributed by atoms with Crippen LogP contribution in [0.1, 0.15) is 65.2 Å². The average molecular weight is 313 g/mol. The maximum atomic E-state index is 6.34. The third-order valence-electron chi connectivity index (χ3n) is 3.44. The van der Waals surface area contributed by atoms with Crippen molar-refractivity contribution in [1.82, 2.24) is 0 Å². The molecule has 0 aromatic heterocycles. The van der Waals surface area contributed by atoms with Gasteiger partial charge in [-0.05, 0) is 25.0 Å². The summed E-state index contributed by atoms with van der Waals surface area (Å²) in [5.74, 6) is 1.47. The second kappa shape index (κ2) is 11.7. The van der Waals surface area contributed by atoms with Gasteiger partial charge >= 0.3 is 0 Å². The molecule has 0 saturated carbocycles. The van der Waals surface area contributed by atoms with Crippen LogP contribution in [0.25, 0.3) is 0 Å². The van der Waals surface area contributed by atoms with E-state index in [1.54, 1.807) is 0 Å². The highest BCUT2D eigenvalue weighted by Gasteiger charge is 2.08. The SMILES string of the molecule is CCCCCCOc1cccc(OCCCCCC)c1Cl. The van der Waals surface area contributed by atoms with Gasteiger partial charge in [-0.2, -0.15) is 0 Å². The van der Waals surface area contributed by atoms with Gasteiger partial charge in [-0.15, -0.1) is 0 Å². The van der Waals surface area contributed by atoms with Gasteiger partial charge in [0.2, 0.25) is 0 Å². The van der Waals surface area contributed by atoms with E-state index in [4.69, 9.17) is 21.1 Å². The molecule has 0 atom stereocenters. The molecule has 1 aromatic rings. The number of unbranched alkanes of at least 4 members (excludes halogenated alkanes) is 6. The number of halogens is 1. The van der Waals surface area contributed by atoms with Gasteiger partial charge in [0.15, 0.2) is 0 Å². The summed E-state index contributed by atoms with van der Waals surface area (Å²) in [5.41, 5.74) is 0. The molecule has 0 aliphatic carbocycles. The zero-order chi connectivity index (χ0) is 15.3. The Morgan fingerprint density at radius 2 is 1.24 bits per heavy atom. The lowest BCUT2D eigenvalue weighted by Crippen LogP contribution is -2.01. The number of ether oxygens (including phenoxy) is 2. The molecule has 0 N–H and O–H groups in total. The quantitative estimate of drug-likeness (QED) is 0.424. The Kier molecular flexibility index (Phi) is 10.1. The van der Waals surface area contributed by atoms with Crippen molar-refractivity contribution in [2.45, 2.75) is 65.2 Å². The summed E-state index contributed by atoms with van der Waals surface area (Å²) < 4.78 is 11.5. The van der Waals surface area contributed by atoms with Crippen LogP contribution >= 0.6 is 11.6 Å². The van der Waals surface area contributed by atoms with Crippen molar-refractivity contribution < 1.29 is 9.47 Å². The minimum absolute atomic E-state index is 0.600. The molecule has 0 amide bonds. The van der Waals surface area contributed by atoms with Crippen LogP contribution in [-0.2, 0) is 0 Å². The Labute approximate surface area is 134 Å². The summed E-state index contributed by atoms with van der Waals surface area (Å²) in [5, 5.41) is 0.600. The van der Waals surface area contributed by atoms with Crippen LogP contribution in [0.4, 0.5) is 0 Å². The molecule has 21 heavy (non-hydrogen) atoms. The van der Waals surface area contributed by atoms with Crippen molar-refractivity contribution in [3.8, 4) is 11.5 Å². The summed E-state index contributed by atoms with van der Waals surface area (Å²) >= 11 is 6.34. The van der Waals surface area contributed by atoms with E-state index < -0.39 is 0 Å². The van der Waals surface area contributed by atoms with Crippen molar-refractivity contribution in [3.63, 3.8) is 0 Å². The molecule has 0 radical (unpaired) electrons. The molecule has 0 aliphatic rings. The minimum Gasteiger partial charge on any atom is -0.492 e. The number of benzene rings is 1. The average Bonchev–Trinajstić information content (AvgIpc) is 2.50. The second-order valence-corrected chi connectivity index (χ2v) is 5.76. The highest BCUT2D eigenvalue weighted by atomic mass is 35.5. The van der Waals surface area contributed by atoms with Gasteiger partial charge in [-0.25, -0.2) is 0 Å². The largest absolute Gasteiger partial charge is 0.492 e. The maximum Gasteiger partial charge on any atom is 0.141 e. The molecule has 1 aromatic carbocycles. The number of rotatable bonds is 12. The standard InChI is InChI=1S/C18H29ClO2/c1-3-5-7-9-14-20-16-12-11-13-17(18(16)19)21-15-10-8-6-4-2/h11-13H,3-10,14-15H2,1-2H3. The predicted molar refractivity (Wildman–Crippen MR) is 90.7 cm³/mol. The van der Waals surface area contributed by atoms with Crippen molar-refractivity contribution in [1.29, 1.82) is 0 Å². The van der Waals surface area contributed by atoms with Crippen LogP contribution in [0.2, 0.25) is 5.02 Å². The van der Waals surface area contributed by atoms with Crippen LogP contribution < -0.4 is 9.47 Å². The summed E-state index contributed by atoms with van der Waals surface area (Å²) in [4.78, 5) is 0. The summed E-state index contributed by atoms with van der Waals surface area (Å²) in [6.45, 7) is 5.86. The predicted octanol–water partition coefficient (Wildman–Crippen LogP) is 6.26. The molecule has 1 rings (SSSR count). The zero-order valence-electron chi connectivity index (χ0n) is 13.5. The minimum atomic E-state index is 0.600. The van der Waals surface area contributed by atoms with Crippen molar-refractivity contribution in [3.05, 3.63) is 23.2 Å². The van der Waals surface area contributed by atoms with E-state index in [2.05, 4.69) is 13.8 Å². The van der Waals surface area contributed by atoms with E-state index in [-0.39, 0.29) is 0 Å². The van der Waals surface area contributed by atoms with E-state index in [0.717, 1.165) is 37.6 Å².